The fraction of sp³-hybridized carbons (Fsp3) is 0.481. The molecule has 1 aromatic heterocycles. The van der Waals surface area contributed by atoms with Crippen molar-refractivity contribution in [1.82, 2.24) is 20.1 Å². The first-order valence-corrected chi connectivity index (χ1v) is 12.9. The second-order valence-electron chi connectivity index (χ2n) is 9.82. The molecular formula is C27H31ClN4O3. The average Bonchev–Trinajstić information content (AvgIpc) is 3.48. The number of methoxy groups -OCH3 is 1. The number of benzene rings is 2. The van der Waals surface area contributed by atoms with E-state index in [0.717, 1.165) is 65.9 Å². The minimum atomic E-state index is -0.680. The van der Waals surface area contributed by atoms with Crippen LogP contribution in [0.4, 0.5) is 0 Å². The third-order valence-electron chi connectivity index (χ3n) is 7.58. The van der Waals surface area contributed by atoms with Crippen LogP contribution in [0.25, 0.3) is 5.69 Å². The molecule has 0 amide bonds. The molecule has 184 valence electrons. The van der Waals surface area contributed by atoms with Crippen molar-refractivity contribution < 1.29 is 14.2 Å². The van der Waals surface area contributed by atoms with E-state index < -0.39 is 5.79 Å². The van der Waals surface area contributed by atoms with Crippen LogP contribution in [-0.4, -0.2) is 46.9 Å². The van der Waals surface area contributed by atoms with Crippen LogP contribution in [0.1, 0.15) is 54.4 Å². The number of aromatic nitrogens is 3. The van der Waals surface area contributed by atoms with Crippen molar-refractivity contribution in [3.8, 4) is 11.4 Å². The number of halogens is 1. The van der Waals surface area contributed by atoms with Crippen molar-refractivity contribution in [1.29, 1.82) is 0 Å². The Morgan fingerprint density at radius 2 is 1.80 bits per heavy atom. The lowest BCUT2D eigenvalue weighted by molar-refractivity contribution is -0.155. The van der Waals surface area contributed by atoms with E-state index in [9.17, 15) is 0 Å². The Morgan fingerprint density at radius 1 is 1.03 bits per heavy atom. The summed E-state index contributed by atoms with van der Waals surface area (Å²) in [6, 6.07) is 14.8. The molecule has 1 spiro atoms. The number of hydrogen-bond donors (Lipinski definition) is 1. The van der Waals surface area contributed by atoms with Crippen LogP contribution in [0, 0.1) is 0 Å². The lowest BCUT2D eigenvalue weighted by Crippen LogP contribution is -2.35. The smallest absolute Gasteiger partial charge is 0.179 e. The Bertz CT molecular complexity index is 1180. The highest BCUT2D eigenvalue weighted by Crippen LogP contribution is 2.39. The first kappa shape index (κ1) is 23.0. The molecule has 1 aliphatic carbocycles. The minimum absolute atomic E-state index is 0.373. The summed E-state index contributed by atoms with van der Waals surface area (Å²) in [6.07, 6.45) is 5.65. The second-order valence-corrected chi connectivity index (χ2v) is 10.3. The fourth-order valence-corrected chi connectivity index (χ4v) is 5.94. The lowest BCUT2D eigenvalue weighted by atomic mass is 9.85. The SMILES string of the molecule is COc1ccc(CNC2CCC(c3nnc4n3-c3ccc(Cl)cc3CC3(C4)OCCO3)CC2)cc1. The van der Waals surface area contributed by atoms with E-state index in [4.69, 9.17) is 30.9 Å². The molecule has 35 heavy (non-hydrogen) atoms. The Balaban J connectivity index is 1.18. The van der Waals surface area contributed by atoms with Crippen LogP contribution in [0.2, 0.25) is 5.02 Å². The number of nitrogens with one attached hydrogen (secondary N) is 1. The summed E-state index contributed by atoms with van der Waals surface area (Å²) in [5.41, 5.74) is 3.49. The first-order valence-electron chi connectivity index (χ1n) is 12.5. The lowest BCUT2D eigenvalue weighted by Gasteiger charge is -2.29. The molecular weight excluding hydrogens is 464 g/mol. The number of hydrogen-bond acceptors (Lipinski definition) is 6. The zero-order chi connectivity index (χ0) is 23.8. The fourth-order valence-electron chi connectivity index (χ4n) is 5.74. The summed E-state index contributed by atoms with van der Waals surface area (Å²) in [4.78, 5) is 0. The van der Waals surface area contributed by atoms with E-state index >= 15 is 0 Å². The predicted octanol–water partition coefficient (Wildman–Crippen LogP) is 4.59. The van der Waals surface area contributed by atoms with Gasteiger partial charge < -0.3 is 19.5 Å². The molecule has 0 bridgehead atoms. The molecule has 1 saturated heterocycles. The maximum absolute atomic E-state index is 6.38. The van der Waals surface area contributed by atoms with Crippen molar-refractivity contribution in [2.75, 3.05) is 20.3 Å². The van der Waals surface area contributed by atoms with Crippen LogP contribution in [0.15, 0.2) is 42.5 Å². The average molecular weight is 495 g/mol. The van der Waals surface area contributed by atoms with Crippen LogP contribution < -0.4 is 10.1 Å². The summed E-state index contributed by atoms with van der Waals surface area (Å²) < 4.78 is 19.7. The Labute approximate surface area is 210 Å². The maximum atomic E-state index is 6.38. The van der Waals surface area contributed by atoms with Gasteiger partial charge in [-0.3, -0.25) is 4.57 Å². The van der Waals surface area contributed by atoms with Gasteiger partial charge in [-0.2, -0.15) is 0 Å². The van der Waals surface area contributed by atoms with Gasteiger partial charge in [-0.25, -0.2) is 0 Å². The summed E-state index contributed by atoms with van der Waals surface area (Å²) in [5.74, 6) is 2.54. The van der Waals surface area contributed by atoms with Crippen LogP contribution in [0.3, 0.4) is 0 Å². The van der Waals surface area contributed by atoms with Gasteiger partial charge in [0.15, 0.2) is 5.79 Å². The van der Waals surface area contributed by atoms with Gasteiger partial charge in [-0.15, -0.1) is 10.2 Å². The summed E-state index contributed by atoms with van der Waals surface area (Å²) in [5, 5.41) is 13.8. The van der Waals surface area contributed by atoms with Gasteiger partial charge >= 0.3 is 0 Å². The Kier molecular flexibility index (Phi) is 6.26. The van der Waals surface area contributed by atoms with Crippen molar-refractivity contribution in [3.63, 3.8) is 0 Å². The van der Waals surface area contributed by atoms with Crippen LogP contribution in [0.5, 0.6) is 5.75 Å². The maximum Gasteiger partial charge on any atom is 0.179 e. The molecule has 1 N–H and O–H groups in total. The van der Waals surface area contributed by atoms with E-state index in [1.807, 2.05) is 24.3 Å². The highest BCUT2D eigenvalue weighted by molar-refractivity contribution is 6.30. The monoisotopic (exact) mass is 494 g/mol. The molecule has 0 atom stereocenters. The van der Waals surface area contributed by atoms with Crippen molar-refractivity contribution in [2.24, 2.45) is 0 Å². The number of rotatable bonds is 5. The quantitative estimate of drug-likeness (QED) is 0.559. The van der Waals surface area contributed by atoms with E-state index in [1.165, 1.54) is 5.56 Å². The third kappa shape index (κ3) is 4.58. The zero-order valence-electron chi connectivity index (χ0n) is 20.0. The molecule has 6 rings (SSSR count). The van der Waals surface area contributed by atoms with E-state index in [1.54, 1.807) is 7.11 Å². The summed E-state index contributed by atoms with van der Waals surface area (Å²) in [7, 11) is 1.70. The van der Waals surface area contributed by atoms with Gasteiger partial charge in [0.1, 0.15) is 17.4 Å². The van der Waals surface area contributed by atoms with E-state index in [2.05, 4.69) is 33.2 Å². The third-order valence-corrected chi connectivity index (χ3v) is 7.82. The van der Waals surface area contributed by atoms with Gasteiger partial charge in [-0.05, 0) is 67.1 Å². The van der Waals surface area contributed by atoms with E-state index in [0.29, 0.717) is 38.0 Å². The summed E-state index contributed by atoms with van der Waals surface area (Å²) >= 11 is 6.38. The number of ether oxygens (including phenoxy) is 3. The predicted molar refractivity (Wildman–Crippen MR) is 133 cm³/mol. The molecule has 3 aliphatic rings. The van der Waals surface area contributed by atoms with Gasteiger partial charge in [0.2, 0.25) is 0 Å². The van der Waals surface area contributed by atoms with Crippen LogP contribution in [-0.2, 0) is 28.9 Å². The normalized spacial score (nSPS) is 23.0. The van der Waals surface area contributed by atoms with E-state index in [-0.39, 0.29) is 0 Å². The highest BCUT2D eigenvalue weighted by atomic mass is 35.5. The molecule has 8 heteroatoms. The van der Waals surface area contributed by atoms with Gasteiger partial charge in [0.05, 0.1) is 32.4 Å². The van der Waals surface area contributed by atoms with Gasteiger partial charge in [-0.1, -0.05) is 23.7 Å². The molecule has 2 aromatic carbocycles. The van der Waals surface area contributed by atoms with Crippen molar-refractivity contribution in [3.05, 3.63) is 70.3 Å². The van der Waals surface area contributed by atoms with Gasteiger partial charge in [0.25, 0.3) is 0 Å². The van der Waals surface area contributed by atoms with Crippen molar-refractivity contribution >= 4 is 11.6 Å². The molecule has 3 heterocycles. The Hall–Kier alpha value is -2.45. The zero-order valence-corrected chi connectivity index (χ0v) is 20.8. The Morgan fingerprint density at radius 3 is 2.54 bits per heavy atom. The molecule has 0 radical (unpaired) electrons. The molecule has 2 aliphatic heterocycles. The largest absolute Gasteiger partial charge is 0.497 e. The molecule has 2 fully saturated rings. The molecule has 1 saturated carbocycles. The topological polar surface area (TPSA) is 70.4 Å². The summed E-state index contributed by atoms with van der Waals surface area (Å²) in [6.45, 7) is 2.07. The first-order chi connectivity index (χ1) is 17.1. The molecule has 7 nitrogen and oxygen atoms in total. The van der Waals surface area contributed by atoms with Gasteiger partial charge in [0, 0.05) is 29.9 Å². The highest BCUT2D eigenvalue weighted by Gasteiger charge is 2.42. The number of nitrogens with zero attached hydrogens (tertiary/aromatic N) is 3. The minimum Gasteiger partial charge on any atom is -0.497 e. The molecule has 0 unspecified atom stereocenters. The van der Waals surface area contributed by atoms with Crippen molar-refractivity contribution in [2.45, 2.75) is 62.8 Å². The molecule has 3 aromatic rings. The second kappa shape index (κ2) is 9.54. The number of fused-ring (bicyclic) bond motifs is 3. The van der Waals surface area contributed by atoms with Crippen LogP contribution >= 0.6 is 11.6 Å². The standard InChI is InChI=1S/C27H31ClN4O3/c1-33-23-9-2-18(3-10-23)17-29-22-7-4-19(5-8-22)26-31-30-25-16-27(34-12-13-35-27)15-20-14-21(28)6-11-24(20)32(25)26/h2-3,6,9-11,14,19,22,29H,4-5,7-8,12-13,15-17H2,1H3.